The molecule has 0 aliphatic heterocycles. The Balaban J connectivity index is 2.05. The molecule has 0 radical (unpaired) electrons. The van der Waals surface area contributed by atoms with Crippen LogP contribution in [0.3, 0.4) is 0 Å². The van der Waals surface area contributed by atoms with E-state index in [0.717, 1.165) is 11.3 Å². The second-order valence-electron chi connectivity index (χ2n) is 3.44. The number of aryl methyl sites for hydroxylation is 1. The molecule has 1 heterocycles. The quantitative estimate of drug-likeness (QED) is 0.819. The minimum absolute atomic E-state index is 0.372. The molecule has 0 unspecified atom stereocenters. The van der Waals surface area contributed by atoms with Crippen molar-refractivity contribution in [3.05, 3.63) is 52.8 Å². The Morgan fingerprint density at radius 1 is 1.31 bits per heavy atom. The molecule has 0 amide bonds. The molecule has 1 aromatic heterocycles. The van der Waals surface area contributed by atoms with Crippen molar-refractivity contribution in [3.63, 3.8) is 0 Å². The Labute approximate surface area is 99.0 Å². The summed E-state index contributed by atoms with van der Waals surface area (Å²) < 4.78 is 5.54. The third-order valence-corrected chi connectivity index (χ3v) is 2.39. The monoisotopic (exact) mass is 234 g/mol. The van der Waals surface area contributed by atoms with Crippen LogP contribution in [0.5, 0.6) is 5.75 Å². The van der Waals surface area contributed by atoms with E-state index in [0.29, 0.717) is 17.4 Å². The Morgan fingerprint density at radius 2 is 2.19 bits per heavy atom. The minimum atomic E-state index is 0.372. The molecule has 0 bridgehead atoms. The van der Waals surface area contributed by atoms with Gasteiger partial charge < -0.3 is 4.74 Å². The van der Waals surface area contributed by atoms with E-state index in [9.17, 15) is 0 Å². The van der Waals surface area contributed by atoms with Crippen LogP contribution in [-0.2, 0) is 6.61 Å². The molecule has 0 N–H and O–H groups in total. The highest BCUT2D eigenvalue weighted by Crippen LogP contribution is 2.25. The molecule has 2 aromatic rings. The van der Waals surface area contributed by atoms with Gasteiger partial charge in [-0.1, -0.05) is 17.7 Å². The van der Waals surface area contributed by atoms with Crippen LogP contribution in [0.15, 0.2) is 36.5 Å². The van der Waals surface area contributed by atoms with Crippen molar-refractivity contribution in [3.8, 4) is 5.75 Å². The molecular weight excluding hydrogens is 224 g/mol. The zero-order valence-corrected chi connectivity index (χ0v) is 9.61. The number of ether oxygens (including phenoxy) is 1. The molecule has 0 saturated carbocycles. The van der Waals surface area contributed by atoms with E-state index in [2.05, 4.69) is 10.2 Å². The van der Waals surface area contributed by atoms with E-state index in [-0.39, 0.29) is 0 Å². The Morgan fingerprint density at radius 3 is 2.88 bits per heavy atom. The van der Waals surface area contributed by atoms with Crippen LogP contribution in [-0.4, -0.2) is 10.2 Å². The van der Waals surface area contributed by atoms with Gasteiger partial charge >= 0.3 is 0 Å². The number of benzene rings is 1. The molecule has 1 aromatic carbocycles. The zero-order chi connectivity index (χ0) is 11.4. The highest BCUT2D eigenvalue weighted by Gasteiger charge is 2.02. The second-order valence-corrected chi connectivity index (χ2v) is 3.84. The standard InChI is InChI=1S/C12H11ClN2O/c1-9-4-5-12(11(13)7-9)16-8-10-3-2-6-14-15-10/h2-7H,8H2,1H3. The molecule has 0 saturated heterocycles. The molecule has 0 spiro atoms. The van der Waals surface area contributed by atoms with Crippen molar-refractivity contribution in [1.29, 1.82) is 0 Å². The van der Waals surface area contributed by atoms with Gasteiger partial charge in [0.2, 0.25) is 0 Å². The lowest BCUT2D eigenvalue weighted by molar-refractivity contribution is 0.300. The third kappa shape index (κ3) is 2.70. The van der Waals surface area contributed by atoms with Gasteiger partial charge in [-0.15, -0.1) is 0 Å². The molecule has 0 fully saturated rings. The van der Waals surface area contributed by atoms with Crippen LogP contribution >= 0.6 is 11.6 Å². The summed E-state index contributed by atoms with van der Waals surface area (Å²) in [5.41, 5.74) is 1.89. The Hall–Kier alpha value is -1.61. The topological polar surface area (TPSA) is 35.0 Å². The van der Waals surface area contributed by atoms with Crippen molar-refractivity contribution in [2.45, 2.75) is 13.5 Å². The van der Waals surface area contributed by atoms with Crippen LogP contribution in [0.2, 0.25) is 5.02 Å². The average molecular weight is 235 g/mol. The van der Waals surface area contributed by atoms with Crippen LogP contribution in [0, 0.1) is 6.92 Å². The Kier molecular flexibility index (Phi) is 3.37. The van der Waals surface area contributed by atoms with E-state index < -0.39 is 0 Å². The fourth-order valence-electron chi connectivity index (χ4n) is 1.29. The summed E-state index contributed by atoms with van der Waals surface area (Å²) in [6, 6.07) is 9.36. The molecule has 2 rings (SSSR count). The van der Waals surface area contributed by atoms with E-state index >= 15 is 0 Å². The first-order valence-electron chi connectivity index (χ1n) is 4.91. The summed E-state index contributed by atoms with van der Waals surface area (Å²) in [5, 5.41) is 8.31. The molecule has 4 heteroatoms. The summed E-state index contributed by atoms with van der Waals surface area (Å²) in [7, 11) is 0. The zero-order valence-electron chi connectivity index (χ0n) is 8.85. The van der Waals surface area contributed by atoms with Gasteiger partial charge in [0.15, 0.2) is 0 Å². The van der Waals surface area contributed by atoms with E-state index in [4.69, 9.17) is 16.3 Å². The van der Waals surface area contributed by atoms with Gasteiger partial charge in [0, 0.05) is 6.20 Å². The highest BCUT2D eigenvalue weighted by atomic mass is 35.5. The lowest BCUT2D eigenvalue weighted by atomic mass is 10.2. The van der Waals surface area contributed by atoms with Crippen molar-refractivity contribution in [1.82, 2.24) is 10.2 Å². The number of rotatable bonds is 3. The van der Waals surface area contributed by atoms with Crippen molar-refractivity contribution in [2.24, 2.45) is 0 Å². The lowest BCUT2D eigenvalue weighted by Crippen LogP contribution is -1.99. The van der Waals surface area contributed by atoms with Crippen LogP contribution in [0.4, 0.5) is 0 Å². The van der Waals surface area contributed by atoms with Crippen molar-refractivity contribution >= 4 is 11.6 Å². The van der Waals surface area contributed by atoms with Gasteiger partial charge in [-0.25, -0.2) is 0 Å². The first-order chi connectivity index (χ1) is 7.75. The minimum Gasteiger partial charge on any atom is -0.486 e. The molecular formula is C12H11ClN2O. The largest absolute Gasteiger partial charge is 0.486 e. The average Bonchev–Trinajstić information content (AvgIpc) is 2.29. The fraction of sp³-hybridized carbons (Fsp3) is 0.167. The summed E-state index contributed by atoms with van der Waals surface area (Å²) in [5.74, 6) is 0.665. The number of halogens is 1. The first kappa shape index (κ1) is 10.9. The van der Waals surface area contributed by atoms with Gasteiger partial charge in [-0.3, -0.25) is 0 Å². The first-order valence-corrected chi connectivity index (χ1v) is 5.29. The molecule has 0 aliphatic rings. The van der Waals surface area contributed by atoms with Gasteiger partial charge in [-0.05, 0) is 36.8 Å². The summed E-state index contributed by atoms with van der Waals surface area (Å²) >= 11 is 6.03. The smallest absolute Gasteiger partial charge is 0.138 e. The predicted octanol–water partition coefficient (Wildman–Crippen LogP) is 3.02. The van der Waals surface area contributed by atoms with Crippen molar-refractivity contribution in [2.75, 3.05) is 0 Å². The van der Waals surface area contributed by atoms with E-state index in [1.54, 1.807) is 6.20 Å². The number of hydrogen-bond donors (Lipinski definition) is 0. The Bertz CT molecular complexity index is 474. The normalized spacial score (nSPS) is 10.1. The lowest BCUT2D eigenvalue weighted by Gasteiger charge is -2.07. The van der Waals surface area contributed by atoms with Crippen LogP contribution in [0.25, 0.3) is 0 Å². The third-order valence-electron chi connectivity index (χ3n) is 2.09. The molecule has 82 valence electrons. The van der Waals surface area contributed by atoms with Crippen molar-refractivity contribution < 1.29 is 4.74 Å². The maximum Gasteiger partial charge on any atom is 0.138 e. The van der Waals surface area contributed by atoms with Gasteiger partial charge in [0.1, 0.15) is 18.1 Å². The SMILES string of the molecule is Cc1ccc(OCc2cccnn2)c(Cl)c1. The number of nitrogens with zero attached hydrogens (tertiary/aromatic N) is 2. The van der Waals surface area contributed by atoms with Crippen LogP contribution < -0.4 is 4.74 Å². The van der Waals surface area contributed by atoms with E-state index in [1.165, 1.54) is 0 Å². The summed E-state index contributed by atoms with van der Waals surface area (Å²) in [6.45, 7) is 2.36. The molecule has 0 atom stereocenters. The fourth-order valence-corrected chi connectivity index (χ4v) is 1.57. The van der Waals surface area contributed by atoms with Crippen LogP contribution in [0.1, 0.15) is 11.3 Å². The highest BCUT2D eigenvalue weighted by molar-refractivity contribution is 6.32. The second kappa shape index (κ2) is 4.94. The summed E-state index contributed by atoms with van der Waals surface area (Å²) in [6.07, 6.45) is 1.63. The maximum absolute atomic E-state index is 6.03. The molecule has 3 nitrogen and oxygen atoms in total. The van der Waals surface area contributed by atoms with Gasteiger partial charge in [-0.2, -0.15) is 10.2 Å². The van der Waals surface area contributed by atoms with E-state index in [1.807, 2.05) is 37.3 Å². The van der Waals surface area contributed by atoms with Gasteiger partial charge in [0.25, 0.3) is 0 Å². The number of aromatic nitrogens is 2. The maximum atomic E-state index is 6.03. The molecule has 16 heavy (non-hydrogen) atoms. The van der Waals surface area contributed by atoms with Gasteiger partial charge in [0.05, 0.1) is 5.02 Å². The predicted molar refractivity (Wildman–Crippen MR) is 62.6 cm³/mol. The number of hydrogen-bond acceptors (Lipinski definition) is 3. The molecule has 0 aliphatic carbocycles. The summed E-state index contributed by atoms with van der Waals surface area (Å²) in [4.78, 5) is 0.